The van der Waals surface area contributed by atoms with Gasteiger partial charge < -0.3 is 9.80 Å². The molecule has 0 saturated heterocycles. The second-order valence-corrected chi connectivity index (χ2v) is 4.73. The molecule has 0 atom stereocenters. The molecule has 20 heavy (non-hydrogen) atoms. The third-order valence-corrected chi connectivity index (χ3v) is 3.33. The first kappa shape index (κ1) is 14.3. The van der Waals surface area contributed by atoms with Gasteiger partial charge in [-0.15, -0.1) is 0 Å². The van der Waals surface area contributed by atoms with E-state index in [1.165, 1.54) is 5.56 Å². The lowest BCUT2D eigenvalue weighted by molar-refractivity contribution is 0.809. The Morgan fingerprint density at radius 1 is 1.00 bits per heavy atom. The molecule has 0 radical (unpaired) electrons. The quantitative estimate of drug-likeness (QED) is 0.808. The Bertz CT molecular complexity index is 523. The number of anilines is 2. The Hall–Kier alpha value is -2.10. The molecule has 4 nitrogen and oxygen atoms in total. The van der Waals surface area contributed by atoms with Gasteiger partial charge in [-0.1, -0.05) is 30.3 Å². The van der Waals surface area contributed by atoms with E-state index in [2.05, 4.69) is 64.9 Å². The van der Waals surface area contributed by atoms with Crippen molar-refractivity contribution in [3.05, 3.63) is 48.2 Å². The van der Waals surface area contributed by atoms with E-state index in [1.54, 1.807) is 0 Å². The van der Waals surface area contributed by atoms with Gasteiger partial charge in [0, 0.05) is 32.9 Å². The van der Waals surface area contributed by atoms with Crippen LogP contribution in [0.25, 0.3) is 0 Å². The minimum Gasteiger partial charge on any atom is -0.355 e. The second kappa shape index (κ2) is 6.89. The molecule has 4 heteroatoms. The first-order chi connectivity index (χ1) is 9.74. The average Bonchev–Trinajstić information content (AvgIpc) is 2.50. The van der Waals surface area contributed by atoms with Crippen LogP contribution < -0.4 is 9.80 Å². The number of hydrogen-bond donors (Lipinski definition) is 0. The summed E-state index contributed by atoms with van der Waals surface area (Å²) in [6.07, 6.45) is 1.83. The lowest BCUT2D eigenvalue weighted by Crippen LogP contribution is -2.25. The molecule has 0 fully saturated rings. The fraction of sp³-hybridized carbons (Fsp3) is 0.375. The highest BCUT2D eigenvalue weighted by Crippen LogP contribution is 2.15. The highest BCUT2D eigenvalue weighted by atomic mass is 15.3. The fourth-order valence-electron chi connectivity index (χ4n) is 2.15. The van der Waals surface area contributed by atoms with Crippen LogP contribution in [0.2, 0.25) is 0 Å². The first-order valence-electron chi connectivity index (χ1n) is 7.07. The summed E-state index contributed by atoms with van der Waals surface area (Å²) in [7, 11) is 2.06. The molecule has 0 unspecified atom stereocenters. The van der Waals surface area contributed by atoms with Gasteiger partial charge in [-0.3, -0.25) is 0 Å². The summed E-state index contributed by atoms with van der Waals surface area (Å²) in [5.74, 6) is 1.75. The predicted octanol–water partition coefficient (Wildman–Crippen LogP) is 2.96. The average molecular weight is 270 g/mol. The van der Waals surface area contributed by atoms with Gasteiger partial charge in [0.25, 0.3) is 0 Å². The van der Waals surface area contributed by atoms with Gasteiger partial charge in [-0.05, 0) is 25.5 Å². The zero-order valence-electron chi connectivity index (χ0n) is 12.5. The molecule has 1 aromatic carbocycles. The van der Waals surface area contributed by atoms with Crippen LogP contribution in [0, 0.1) is 0 Å². The maximum atomic E-state index is 4.65. The Morgan fingerprint density at radius 2 is 1.70 bits per heavy atom. The molecule has 2 rings (SSSR count). The zero-order chi connectivity index (χ0) is 14.4. The summed E-state index contributed by atoms with van der Waals surface area (Å²) in [6, 6.07) is 12.4. The van der Waals surface area contributed by atoms with Crippen LogP contribution >= 0.6 is 0 Å². The highest BCUT2D eigenvalue weighted by molar-refractivity contribution is 5.43. The van der Waals surface area contributed by atoms with Crippen molar-refractivity contribution in [1.82, 2.24) is 9.97 Å². The lowest BCUT2D eigenvalue weighted by atomic mass is 10.2. The minimum absolute atomic E-state index is 0.799. The summed E-state index contributed by atoms with van der Waals surface area (Å²) in [6.45, 7) is 6.92. The number of nitrogens with zero attached hydrogens (tertiary/aromatic N) is 4. The van der Waals surface area contributed by atoms with E-state index in [0.717, 1.165) is 31.4 Å². The summed E-state index contributed by atoms with van der Waals surface area (Å²) in [5, 5.41) is 0. The third kappa shape index (κ3) is 3.47. The molecule has 0 aliphatic carbocycles. The number of rotatable bonds is 6. The summed E-state index contributed by atoms with van der Waals surface area (Å²) in [5.41, 5.74) is 1.28. The normalized spacial score (nSPS) is 10.3. The highest BCUT2D eigenvalue weighted by Gasteiger charge is 2.09. The van der Waals surface area contributed by atoms with E-state index in [9.17, 15) is 0 Å². The van der Waals surface area contributed by atoms with Crippen molar-refractivity contribution in [3.8, 4) is 0 Å². The van der Waals surface area contributed by atoms with E-state index in [0.29, 0.717) is 0 Å². The minimum atomic E-state index is 0.799. The van der Waals surface area contributed by atoms with Crippen molar-refractivity contribution in [3.63, 3.8) is 0 Å². The molecule has 106 valence electrons. The second-order valence-electron chi connectivity index (χ2n) is 4.73. The molecule has 0 aliphatic rings. The summed E-state index contributed by atoms with van der Waals surface area (Å²) >= 11 is 0. The van der Waals surface area contributed by atoms with Crippen molar-refractivity contribution >= 4 is 11.8 Å². The molecular formula is C16H22N4. The van der Waals surface area contributed by atoms with E-state index in [-0.39, 0.29) is 0 Å². The number of hydrogen-bond acceptors (Lipinski definition) is 4. The van der Waals surface area contributed by atoms with Crippen LogP contribution in [0.15, 0.2) is 42.6 Å². The zero-order valence-corrected chi connectivity index (χ0v) is 12.5. The number of aromatic nitrogens is 2. The van der Waals surface area contributed by atoms with Crippen LogP contribution in [0.1, 0.15) is 19.4 Å². The van der Waals surface area contributed by atoms with Crippen LogP contribution in [0.3, 0.4) is 0 Å². The summed E-state index contributed by atoms with van der Waals surface area (Å²) in [4.78, 5) is 13.3. The van der Waals surface area contributed by atoms with E-state index >= 15 is 0 Å². The SMILES string of the molecule is CCN(CC)c1nccc(N(C)Cc2ccccc2)n1. The van der Waals surface area contributed by atoms with E-state index < -0.39 is 0 Å². The van der Waals surface area contributed by atoms with Gasteiger partial charge in [0.15, 0.2) is 0 Å². The van der Waals surface area contributed by atoms with Crippen molar-refractivity contribution < 1.29 is 0 Å². The van der Waals surface area contributed by atoms with Crippen LogP contribution in [-0.4, -0.2) is 30.1 Å². The number of benzene rings is 1. The van der Waals surface area contributed by atoms with Crippen molar-refractivity contribution in [2.24, 2.45) is 0 Å². The maximum Gasteiger partial charge on any atom is 0.227 e. The van der Waals surface area contributed by atoms with Gasteiger partial charge in [0.05, 0.1) is 0 Å². The van der Waals surface area contributed by atoms with Crippen LogP contribution in [-0.2, 0) is 6.54 Å². The lowest BCUT2D eigenvalue weighted by Gasteiger charge is -2.22. The van der Waals surface area contributed by atoms with Gasteiger partial charge in [-0.2, -0.15) is 4.98 Å². The van der Waals surface area contributed by atoms with Crippen molar-refractivity contribution in [2.75, 3.05) is 29.9 Å². The summed E-state index contributed by atoms with van der Waals surface area (Å²) < 4.78 is 0. The predicted molar refractivity (Wildman–Crippen MR) is 84.1 cm³/mol. The first-order valence-corrected chi connectivity index (χ1v) is 7.07. The molecule has 1 aromatic heterocycles. The Balaban J connectivity index is 2.14. The molecule has 0 spiro atoms. The molecule has 0 bridgehead atoms. The van der Waals surface area contributed by atoms with Gasteiger partial charge >= 0.3 is 0 Å². The molecule has 0 amide bonds. The standard InChI is InChI=1S/C16H22N4/c1-4-20(5-2)16-17-12-11-15(18-16)19(3)13-14-9-7-6-8-10-14/h6-12H,4-5,13H2,1-3H3. The van der Waals surface area contributed by atoms with E-state index in [4.69, 9.17) is 0 Å². The third-order valence-electron chi connectivity index (χ3n) is 3.33. The maximum absolute atomic E-state index is 4.65. The van der Waals surface area contributed by atoms with E-state index in [1.807, 2.05) is 18.3 Å². The van der Waals surface area contributed by atoms with Crippen LogP contribution in [0.5, 0.6) is 0 Å². The molecular weight excluding hydrogens is 248 g/mol. The Labute approximate surface area is 121 Å². The van der Waals surface area contributed by atoms with Gasteiger partial charge in [0.2, 0.25) is 5.95 Å². The van der Waals surface area contributed by atoms with Gasteiger partial charge in [-0.25, -0.2) is 4.98 Å². The fourth-order valence-corrected chi connectivity index (χ4v) is 2.15. The van der Waals surface area contributed by atoms with Crippen LogP contribution in [0.4, 0.5) is 11.8 Å². The Morgan fingerprint density at radius 3 is 2.35 bits per heavy atom. The van der Waals surface area contributed by atoms with Crippen molar-refractivity contribution in [2.45, 2.75) is 20.4 Å². The van der Waals surface area contributed by atoms with Gasteiger partial charge in [0.1, 0.15) is 5.82 Å². The molecule has 2 aromatic rings. The molecule has 0 N–H and O–H groups in total. The van der Waals surface area contributed by atoms with Crippen molar-refractivity contribution in [1.29, 1.82) is 0 Å². The monoisotopic (exact) mass is 270 g/mol. The molecule has 1 heterocycles. The molecule has 0 saturated carbocycles. The smallest absolute Gasteiger partial charge is 0.227 e. The Kier molecular flexibility index (Phi) is 4.93. The molecule has 0 aliphatic heterocycles. The largest absolute Gasteiger partial charge is 0.355 e. The topological polar surface area (TPSA) is 32.3 Å².